The molecule has 1 aromatic carbocycles. The lowest BCUT2D eigenvalue weighted by molar-refractivity contribution is -0.143. The van der Waals surface area contributed by atoms with Crippen molar-refractivity contribution in [2.45, 2.75) is 45.6 Å². The summed E-state index contributed by atoms with van der Waals surface area (Å²) >= 11 is 0. The van der Waals surface area contributed by atoms with Gasteiger partial charge in [-0.25, -0.2) is 0 Å². The molecule has 2 rings (SSSR count). The largest absolute Gasteiger partial charge is 0.493 e. The third-order valence-electron chi connectivity index (χ3n) is 4.58. The van der Waals surface area contributed by atoms with E-state index in [2.05, 4.69) is 17.9 Å². The van der Waals surface area contributed by atoms with E-state index in [-0.39, 0.29) is 5.92 Å². The van der Waals surface area contributed by atoms with E-state index >= 15 is 0 Å². The first-order valence-electron chi connectivity index (χ1n) is 8.89. The van der Waals surface area contributed by atoms with Crippen molar-refractivity contribution in [1.29, 1.82) is 0 Å². The van der Waals surface area contributed by atoms with Crippen LogP contribution in [0.2, 0.25) is 0 Å². The Morgan fingerprint density at radius 1 is 1.25 bits per heavy atom. The highest BCUT2D eigenvalue weighted by molar-refractivity contribution is 5.70. The number of piperidine rings is 1. The quantitative estimate of drug-likeness (QED) is 0.699. The molecule has 0 aromatic heterocycles. The molecule has 1 aliphatic rings. The third kappa shape index (κ3) is 5.41. The maximum atomic E-state index is 11.0. The molecule has 0 bridgehead atoms. The molecule has 1 fully saturated rings. The summed E-state index contributed by atoms with van der Waals surface area (Å²) < 4.78 is 11.3. The van der Waals surface area contributed by atoms with Crippen molar-refractivity contribution in [3.8, 4) is 11.5 Å². The summed E-state index contributed by atoms with van der Waals surface area (Å²) in [6, 6.07) is 6.07. The van der Waals surface area contributed by atoms with Gasteiger partial charge in [-0.15, -0.1) is 0 Å². The molecule has 0 unspecified atom stereocenters. The van der Waals surface area contributed by atoms with Crippen LogP contribution in [0.1, 0.15) is 44.6 Å². The first-order chi connectivity index (χ1) is 11.6. The number of carbonyl (C=O) groups is 1. The van der Waals surface area contributed by atoms with E-state index in [1.807, 2.05) is 12.1 Å². The molecule has 0 amide bonds. The van der Waals surface area contributed by atoms with Crippen LogP contribution in [0.25, 0.3) is 0 Å². The van der Waals surface area contributed by atoms with E-state index < -0.39 is 5.97 Å². The molecule has 1 aliphatic heterocycles. The van der Waals surface area contributed by atoms with Crippen molar-refractivity contribution in [2.75, 3.05) is 26.8 Å². The Kier molecular flexibility index (Phi) is 7.37. The topological polar surface area (TPSA) is 59.0 Å². The zero-order chi connectivity index (χ0) is 17.4. The minimum absolute atomic E-state index is 0.185. The lowest BCUT2D eigenvalue weighted by Gasteiger charge is -2.30. The smallest absolute Gasteiger partial charge is 0.306 e. The fourth-order valence-corrected chi connectivity index (χ4v) is 3.06. The molecular weight excluding hydrogens is 306 g/mol. The van der Waals surface area contributed by atoms with Gasteiger partial charge in [-0.3, -0.25) is 9.69 Å². The second-order valence-electron chi connectivity index (χ2n) is 6.43. The van der Waals surface area contributed by atoms with Crippen molar-refractivity contribution in [1.82, 2.24) is 4.90 Å². The number of hydrogen-bond acceptors (Lipinski definition) is 4. The number of likely N-dealkylation sites (tertiary alicyclic amines) is 1. The van der Waals surface area contributed by atoms with Crippen LogP contribution in [0.5, 0.6) is 11.5 Å². The number of benzene rings is 1. The van der Waals surface area contributed by atoms with Gasteiger partial charge in [-0.1, -0.05) is 25.8 Å². The Bertz CT molecular complexity index is 524. The van der Waals surface area contributed by atoms with E-state index in [0.717, 1.165) is 50.4 Å². The molecule has 1 N–H and O–H groups in total. The van der Waals surface area contributed by atoms with Crippen LogP contribution in [0.3, 0.4) is 0 Å². The Hall–Kier alpha value is -1.75. The predicted molar refractivity (Wildman–Crippen MR) is 93.7 cm³/mol. The molecule has 134 valence electrons. The summed E-state index contributed by atoms with van der Waals surface area (Å²) in [7, 11) is 1.66. The number of aliphatic carboxylic acids is 1. The van der Waals surface area contributed by atoms with E-state index in [1.54, 1.807) is 7.11 Å². The van der Waals surface area contributed by atoms with Crippen LogP contribution in [0, 0.1) is 5.92 Å². The van der Waals surface area contributed by atoms with Crippen molar-refractivity contribution in [3.63, 3.8) is 0 Å². The van der Waals surface area contributed by atoms with Gasteiger partial charge in [0.2, 0.25) is 0 Å². The van der Waals surface area contributed by atoms with E-state index in [9.17, 15) is 4.79 Å². The fraction of sp³-hybridized carbons (Fsp3) is 0.632. The Balaban J connectivity index is 1.88. The second kappa shape index (κ2) is 9.52. The average molecular weight is 335 g/mol. The molecule has 5 nitrogen and oxygen atoms in total. The van der Waals surface area contributed by atoms with Crippen molar-refractivity contribution >= 4 is 5.97 Å². The average Bonchev–Trinajstić information content (AvgIpc) is 2.60. The lowest BCUT2D eigenvalue weighted by Crippen LogP contribution is -2.35. The minimum atomic E-state index is -0.666. The fourth-order valence-electron chi connectivity index (χ4n) is 3.06. The highest BCUT2D eigenvalue weighted by Crippen LogP contribution is 2.29. The lowest BCUT2D eigenvalue weighted by atomic mass is 9.97. The number of methoxy groups -OCH3 is 1. The Morgan fingerprint density at radius 3 is 2.62 bits per heavy atom. The maximum Gasteiger partial charge on any atom is 0.306 e. The van der Waals surface area contributed by atoms with Gasteiger partial charge in [-0.05, 0) is 50.0 Å². The number of carboxylic acid groups (broad SMARTS) is 1. The van der Waals surface area contributed by atoms with Crippen LogP contribution in [-0.2, 0) is 11.3 Å². The maximum absolute atomic E-state index is 11.0. The summed E-state index contributed by atoms with van der Waals surface area (Å²) in [5.41, 5.74) is 1.17. The molecule has 1 aromatic rings. The highest BCUT2D eigenvalue weighted by Gasteiger charge is 2.24. The van der Waals surface area contributed by atoms with Crippen LogP contribution < -0.4 is 9.47 Å². The number of ether oxygens (including phenoxy) is 2. The molecule has 1 heterocycles. The number of hydrogen-bond donors (Lipinski definition) is 1. The number of rotatable bonds is 9. The van der Waals surface area contributed by atoms with Crippen LogP contribution in [-0.4, -0.2) is 42.8 Å². The molecule has 0 atom stereocenters. The summed E-state index contributed by atoms with van der Waals surface area (Å²) in [6.07, 6.45) is 4.86. The summed E-state index contributed by atoms with van der Waals surface area (Å²) in [4.78, 5) is 13.3. The predicted octanol–water partition coefficient (Wildman–Crippen LogP) is 3.56. The normalized spacial score (nSPS) is 16.1. The molecule has 24 heavy (non-hydrogen) atoms. The monoisotopic (exact) mass is 335 g/mol. The molecule has 0 saturated carbocycles. The van der Waals surface area contributed by atoms with Crippen LogP contribution in [0.4, 0.5) is 0 Å². The van der Waals surface area contributed by atoms with Gasteiger partial charge in [0.05, 0.1) is 19.6 Å². The van der Waals surface area contributed by atoms with Gasteiger partial charge < -0.3 is 14.6 Å². The zero-order valence-electron chi connectivity index (χ0n) is 14.8. The second-order valence-corrected chi connectivity index (χ2v) is 6.43. The Morgan fingerprint density at radius 2 is 2.00 bits per heavy atom. The number of nitrogens with zero attached hydrogens (tertiary/aromatic N) is 1. The summed E-state index contributed by atoms with van der Waals surface area (Å²) in [5.74, 6) is 0.710. The van der Waals surface area contributed by atoms with Gasteiger partial charge in [0.1, 0.15) is 0 Å². The summed E-state index contributed by atoms with van der Waals surface area (Å²) in [6.45, 7) is 5.36. The molecule has 0 radical (unpaired) electrons. The molecular formula is C19H29NO4. The van der Waals surface area contributed by atoms with Crippen LogP contribution >= 0.6 is 0 Å². The van der Waals surface area contributed by atoms with Gasteiger partial charge in [-0.2, -0.15) is 0 Å². The van der Waals surface area contributed by atoms with E-state index in [4.69, 9.17) is 14.6 Å². The standard InChI is InChI=1S/C19H29NO4/c1-3-4-5-12-24-17-7-6-15(13-18(17)23-2)14-20-10-8-16(9-11-20)19(21)22/h6-7,13,16H,3-5,8-12,14H2,1-2H3,(H,21,22). The molecule has 5 heteroatoms. The number of carboxylic acids is 1. The first-order valence-corrected chi connectivity index (χ1v) is 8.89. The van der Waals surface area contributed by atoms with E-state index in [1.165, 1.54) is 18.4 Å². The van der Waals surface area contributed by atoms with Crippen LogP contribution in [0.15, 0.2) is 18.2 Å². The molecule has 0 spiro atoms. The highest BCUT2D eigenvalue weighted by atomic mass is 16.5. The van der Waals surface area contributed by atoms with Gasteiger partial charge in [0, 0.05) is 6.54 Å². The third-order valence-corrected chi connectivity index (χ3v) is 4.58. The number of unbranched alkanes of at least 4 members (excludes halogenated alkanes) is 2. The summed E-state index contributed by atoms with van der Waals surface area (Å²) in [5, 5.41) is 9.07. The van der Waals surface area contributed by atoms with Gasteiger partial charge in [0.25, 0.3) is 0 Å². The molecule has 1 saturated heterocycles. The van der Waals surface area contributed by atoms with Crippen molar-refractivity contribution in [2.24, 2.45) is 5.92 Å². The Labute approximate surface area is 144 Å². The SMILES string of the molecule is CCCCCOc1ccc(CN2CCC(C(=O)O)CC2)cc1OC. The van der Waals surface area contributed by atoms with Gasteiger partial charge >= 0.3 is 5.97 Å². The molecule has 0 aliphatic carbocycles. The van der Waals surface area contributed by atoms with Crippen molar-refractivity contribution in [3.05, 3.63) is 23.8 Å². The minimum Gasteiger partial charge on any atom is -0.493 e. The first kappa shape index (κ1) is 18.6. The zero-order valence-corrected chi connectivity index (χ0v) is 14.8. The van der Waals surface area contributed by atoms with E-state index in [0.29, 0.717) is 6.61 Å². The van der Waals surface area contributed by atoms with Gasteiger partial charge in [0.15, 0.2) is 11.5 Å². The van der Waals surface area contributed by atoms with Crippen molar-refractivity contribution < 1.29 is 19.4 Å².